The van der Waals surface area contributed by atoms with Crippen LogP contribution in [-0.2, 0) is 17.8 Å². The van der Waals surface area contributed by atoms with Crippen molar-refractivity contribution in [2.75, 3.05) is 5.32 Å². The second kappa shape index (κ2) is 9.08. The van der Waals surface area contributed by atoms with Gasteiger partial charge in [-0.25, -0.2) is 14.4 Å². The molecule has 2 heterocycles. The van der Waals surface area contributed by atoms with E-state index in [0.717, 1.165) is 39.4 Å². The number of hydrogen-bond acceptors (Lipinski definition) is 3. The topological polar surface area (TPSA) is 59.8 Å². The number of pyridine rings is 1. The second-order valence-corrected chi connectivity index (χ2v) is 7.86. The van der Waals surface area contributed by atoms with Crippen molar-refractivity contribution < 1.29 is 9.18 Å². The third-order valence-electron chi connectivity index (χ3n) is 5.15. The SMILES string of the molecule is Cc1cc(C)cc(NC(=O)CCCc2nc3cccnc3n2Cc2ccc(F)cc2)c1. The third-order valence-corrected chi connectivity index (χ3v) is 5.15. The van der Waals surface area contributed by atoms with Crippen LogP contribution in [0.3, 0.4) is 0 Å². The molecule has 2 aromatic heterocycles. The number of imidazole rings is 1. The lowest BCUT2D eigenvalue weighted by Gasteiger charge is -2.10. The van der Waals surface area contributed by atoms with E-state index in [1.54, 1.807) is 18.3 Å². The van der Waals surface area contributed by atoms with Crippen LogP contribution in [0.15, 0.2) is 60.8 Å². The van der Waals surface area contributed by atoms with Gasteiger partial charge < -0.3 is 9.88 Å². The first-order valence-corrected chi connectivity index (χ1v) is 10.4. The van der Waals surface area contributed by atoms with Crippen molar-refractivity contribution in [3.05, 3.63) is 89.1 Å². The Bertz CT molecular complexity index is 1190. The van der Waals surface area contributed by atoms with Crippen LogP contribution in [-0.4, -0.2) is 20.4 Å². The quantitative estimate of drug-likeness (QED) is 0.451. The van der Waals surface area contributed by atoms with Gasteiger partial charge in [-0.05, 0) is 73.4 Å². The summed E-state index contributed by atoms with van der Waals surface area (Å²) in [4.78, 5) is 21.6. The molecule has 1 amide bonds. The van der Waals surface area contributed by atoms with Crippen molar-refractivity contribution in [2.45, 2.75) is 39.7 Å². The van der Waals surface area contributed by atoms with Crippen molar-refractivity contribution in [3.63, 3.8) is 0 Å². The summed E-state index contributed by atoms with van der Waals surface area (Å²) < 4.78 is 15.3. The fraction of sp³-hybridized carbons (Fsp3) is 0.240. The van der Waals surface area contributed by atoms with Gasteiger partial charge in [-0.3, -0.25) is 4.79 Å². The number of nitrogens with one attached hydrogen (secondary N) is 1. The van der Waals surface area contributed by atoms with Crippen LogP contribution in [0.1, 0.15) is 35.4 Å². The molecule has 5 nitrogen and oxygen atoms in total. The fourth-order valence-electron chi connectivity index (χ4n) is 3.81. The van der Waals surface area contributed by atoms with Crippen molar-refractivity contribution in [1.82, 2.24) is 14.5 Å². The van der Waals surface area contributed by atoms with E-state index in [0.29, 0.717) is 25.8 Å². The molecule has 0 unspecified atom stereocenters. The molecule has 0 spiro atoms. The molecule has 0 aliphatic carbocycles. The Morgan fingerprint density at radius 3 is 2.55 bits per heavy atom. The van der Waals surface area contributed by atoms with Crippen molar-refractivity contribution in [2.24, 2.45) is 0 Å². The van der Waals surface area contributed by atoms with Crippen LogP contribution in [0.4, 0.5) is 10.1 Å². The van der Waals surface area contributed by atoms with Crippen LogP contribution in [0.2, 0.25) is 0 Å². The lowest BCUT2D eigenvalue weighted by molar-refractivity contribution is -0.116. The first-order valence-electron chi connectivity index (χ1n) is 10.4. The van der Waals surface area contributed by atoms with Gasteiger partial charge in [0.1, 0.15) is 17.2 Å². The molecule has 158 valence electrons. The number of rotatable bonds is 7. The molecule has 0 atom stereocenters. The zero-order valence-corrected chi connectivity index (χ0v) is 17.7. The van der Waals surface area contributed by atoms with E-state index in [2.05, 4.69) is 16.4 Å². The van der Waals surface area contributed by atoms with Gasteiger partial charge in [-0.15, -0.1) is 0 Å². The molecule has 0 aliphatic rings. The summed E-state index contributed by atoms with van der Waals surface area (Å²) in [6, 6.07) is 16.3. The molecule has 2 aromatic carbocycles. The molecule has 0 bridgehead atoms. The highest BCUT2D eigenvalue weighted by atomic mass is 19.1. The van der Waals surface area contributed by atoms with E-state index in [4.69, 9.17) is 4.98 Å². The normalized spacial score (nSPS) is 11.1. The number of carbonyl (C=O) groups excluding carboxylic acids is 1. The third kappa shape index (κ3) is 5.15. The summed E-state index contributed by atoms with van der Waals surface area (Å²) in [7, 11) is 0. The first kappa shape index (κ1) is 20.7. The summed E-state index contributed by atoms with van der Waals surface area (Å²) in [5, 5.41) is 2.98. The number of fused-ring (bicyclic) bond motifs is 1. The largest absolute Gasteiger partial charge is 0.326 e. The highest BCUT2D eigenvalue weighted by Gasteiger charge is 2.13. The maximum Gasteiger partial charge on any atom is 0.224 e. The number of nitrogens with zero attached hydrogens (tertiary/aromatic N) is 3. The van der Waals surface area contributed by atoms with Gasteiger partial charge in [0.05, 0.1) is 6.54 Å². The average molecular weight is 417 g/mol. The van der Waals surface area contributed by atoms with Gasteiger partial charge in [0.25, 0.3) is 0 Å². The van der Waals surface area contributed by atoms with Gasteiger partial charge in [0.2, 0.25) is 5.91 Å². The maximum atomic E-state index is 13.3. The molecule has 4 aromatic rings. The molecular formula is C25H25FN4O. The first-order chi connectivity index (χ1) is 15.0. The Labute approximate surface area is 181 Å². The van der Waals surface area contributed by atoms with E-state index in [1.807, 2.05) is 42.7 Å². The minimum atomic E-state index is -0.257. The predicted octanol–water partition coefficient (Wildman–Crippen LogP) is 5.20. The van der Waals surface area contributed by atoms with Gasteiger partial charge >= 0.3 is 0 Å². The Morgan fingerprint density at radius 1 is 1.06 bits per heavy atom. The number of anilines is 1. The number of amides is 1. The second-order valence-electron chi connectivity index (χ2n) is 7.86. The molecule has 0 saturated carbocycles. The molecule has 4 rings (SSSR count). The Hall–Kier alpha value is -3.54. The molecule has 31 heavy (non-hydrogen) atoms. The van der Waals surface area contributed by atoms with Gasteiger partial charge in [0, 0.05) is 24.7 Å². The number of benzene rings is 2. The van der Waals surface area contributed by atoms with Gasteiger partial charge in [-0.2, -0.15) is 0 Å². The van der Waals surface area contributed by atoms with Gasteiger partial charge in [-0.1, -0.05) is 18.2 Å². The van der Waals surface area contributed by atoms with Crippen LogP contribution in [0, 0.1) is 19.7 Å². The monoisotopic (exact) mass is 416 g/mol. The zero-order chi connectivity index (χ0) is 21.8. The zero-order valence-electron chi connectivity index (χ0n) is 17.7. The highest BCUT2D eigenvalue weighted by Crippen LogP contribution is 2.19. The lowest BCUT2D eigenvalue weighted by atomic mass is 10.1. The smallest absolute Gasteiger partial charge is 0.224 e. The van der Waals surface area contributed by atoms with E-state index >= 15 is 0 Å². The van der Waals surface area contributed by atoms with Crippen LogP contribution < -0.4 is 5.32 Å². The Kier molecular flexibility index (Phi) is 6.07. The minimum absolute atomic E-state index is 0.00989. The number of halogens is 1. The number of hydrogen-bond donors (Lipinski definition) is 1. The molecule has 0 radical (unpaired) electrons. The predicted molar refractivity (Wildman–Crippen MR) is 121 cm³/mol. The lowest BCUT2D eigenvalue weighted by Crippen LogP contribution is -2.13. The molecule has 0 saturated heterocycles. The van der Waals surface area contributed by atoms with Crippen molar-refractivity contribution >= 4 is 22.8 Å². The molecular weight excluding hydrogens is 391 g/mol. The molecule has 6 heteroatoms. The summed E-state index contributed by atoms with van der Waals surface area (Å²) in [5.74, 6) is 0.606. The maximum absolute atomic E-state index is 13.3. The number of aromatic nitrogens is 3. The summed E-state index contributed by atoms with van der Waals surface area (Å²) >= 11 is 0. The van der Waals surface area contributed by atoms with E-state index in [9.17, 15) is 9.18 Å². The Morgan fingerprint density at radius 2 is 1.81 bits per heavy atom. The van der Waals surface area contributed by atoms with E-state index in [-0.39, 0.29) is 11.7 Å². The van der Waals surface area contributed by atoms with E-state index < -0.39 is 0 Å². The summed E-state index contributed by atoms with van der Waals surface area (Å²) in [6.07, 6.45) is 3.47. The molecule has 0 aliphatic heterocycles. The standard InChI is InChI=1S/C25H25FN4O/c1-17-13-18(2)15-21(14-17)28-24(31)7-3-6-23-29-22-5-4-12-27-25(22)30(23)16-19-8-10-20(26)11-9-19/h4-5,8-15H,3,6-7,16H2,1-2H3,(H,28,31). The minimum Gasteiger partial charge on any atom is -0.326 e. The average Bonchev–Trinajstić information content (AvgIpc) is 3.06. The number of aryl methyl sites for hydroxylation is 3. The highest BCUT2D eigenvalue weighted by molar-refractivity contribution is 5.90. The summed E-state index contributed by atoms with van der Waals surface area (Å²) in [6.45, 7) is 4.59. The van der Waals surface area contributed by atoms with Crippen molar-refractivity contribution in [3.8, 4) is 0 Å². The van der Waals surface area contributed by atoms with Crippen molar-refractivity contribution in [1.29, 1.82) is 0 Å². The Balaban J connectivity index is 1.45. The number of carbonyl (C=O) groups is 1. The molecule has 0 fully saturated rings. The van der Waals surface area contributed by atoms with Gasteiger partial charge in [0.15, 0.2) is 5.65 Å². The molecule has 1 N–H and O–H groups in total. The van der Waals surface area contributed by atoms with E-state index in [1.165, 1.54) is 12.1 Å². The summed E-state index contributed by atoms with van der Waals surface area (Å²) in [5.41, 5.74) is 5.66. The van der Waals surface area contributed by atoms with Crippen LogP contribution in [0.5, 0.6) is 0 Å². The van der Waals surface area contributed by atoms with Crippen LogP contribution in [0.25, 0.3) is 11.2 Å². The van der Waals surface area contributed by atoms with Crippen LogP contribution >= 0.6 is 0 Å². The fourth-order valence-corrected chi connectivity index (χ4v) is 3.81.